The molecule has 0 bridgehead atoms. The summed E-state index contributed by atoms with van der Waals surface area (Å²) in [6, 6.07) is 1.85. The van der Waals surface area contributed by atoms with E-state index in [1.165, 1.54) is 11.8 Å². The van der Waals surface area contributed by atoms with Crippen molar-refractivity contribution in [3.05, 3.63) is 18.0 Å². The smallest absolute Gasteiger partial charge is 0.408 e. The largest absolute Gasteiger partial charge is 0.444 e. The van der Waals surface area contributed by atoms with Crippen molar-refractivity contribution in [2.45, 2.75) is 49.9 Å². The van der Waals surface area contributed by atoms with Crippen LogP contribution in [0.4, 0.5) is 4.79 Å². The number of carbonyl (C=O) groups excluding carboxylic acids is 1. The van der Waals surface area contributed by atoms with Crippen LogP contribution in [0.3, 0.4) is 0 Å². The number of hydrogen-bond donors (Lipinski definition) is 1. The Morgan fingerprint density at radius 3 is 2.68 bits per heavy atom. The lowest BCUT2D eigenvalue weighted by Crippen LogP contribution is -2.51. The fourth-order valence-corrected chi connectivity index (χ4v) is 2.73. The molecule has 2 rings (SSSR count). The second-order valence-electron chi connectivity index (χ2n) is 6.25. The van der Waals surface area contributed by atoms with Gasteiger partial charge >= 0.3 is 6.09 Å². The van der Waals surface area contributed by atoms with Crippen LogP contribution in [-0.2, 0) is 15.0 Å². The average Bonchev–Trinajstić information content (AvgIpc) is 2.46. The van der Waals surface area contributed by atoms with Crippen molar-refractivity contribution in [3.8, 4) is 0 Å². The first-order valence-corrected chi connectivity index (χ1v) is 8.53. The van der Waals surface area contributed by atoms with Crippen LogP contribution in [0.2, 0.25) is 0 Å². The normalized spacial score (nSPS) is 17.8. The minimum Gasteiger partial charge on any atom is -0.444 e. The Hall–Kier alpha value is -1.34. The molecule has 1 N–H and O–H groups in total. The molecule has 0 aromatic carbocycles. The van der Waals surface area contributed by atoms with Crippen LogP contribution < -0.4 is 5.32 Å². The summed E-state index contributed by atoms with van der Waals surface area (Å²) in [7, 11) is 0. The van der Waals surface area contributed by atoms with Gasteiger partial charge in [0.15, 0.2) is 5.16 Å². The van der Waals surface area contributed by atoms with Crippen molar-refractivity contribution in [2.75, 3.05) is 19.5 Å². The molecular weight excluding hydrogens is 302 g/mol. The van der Waals surface area contributed by atoms with E-state index in [0.29, 0.717) is 31.2 Å². The van der Waals surface area contributed by atoms with Crippen molar-refractivity contribution in [1.29, 1.82) is 0 Å². The molecule has 2 heterocycles. The maximum Gasteiger partial charge on any atom is 0.408 e. The van der Waals surface area contributed by atoms with Gasteiger partial charge in [-0.05, 0) is 45.9 Å². The maximum atomic E-state index is 12.2. The summed E-state index contributed by atoms with van der Waals surface area (Å²) in [5.74, 6) is 0. The average molecular weight is 325 g/mol. The van der Waals surface area contributed by atoms with Gasteiger partial charge in [-0.25, -0.2) is 14.8 Å². The van der Waals surface area contributed by atoms with Gasteiger partial charge in [0.2, 0.25) is 0 Å². The zero-order chi connectivity index (χ0) is 16.2. The summed E-state index contributed by atoms with van der Waals surface area (Å²) in [5.41, 5.74) is -0.290. The molecule has 0 saturated carbocycles. The van der Waals surface area contributed by atoms with Crippen LogP contribution in [-0.4, -0.2) is 41.1 Å². The Morgan fingerprint density at radius 2 is 2.09 bits per heavy atom. The number of hydrogen-bond acceptors (Lipinski definition) is 6. The highest BCUT2D eigenvalue weighted by Gasteiger charge is 2.38. The van der Waals surface area contributed by atoms with Crippen LogP contribution in [0.15, 0.2) is 17.4 Å². The summed E-state index contributed by atoms with van der Waals surface area (Å²) >= 11 is 1.48. The lowest BCUT2D eigenvalue weighted by atomic mass is 9.86. The summed E-state index contributed by atoms with van der Waals surface area (Å²) in [6.07, 6.45) is 4.55. The Labute approximate surface area is 135 Å². The van der Waals surface area contributed by atoms with Gasteiger partial charge in [0.1, 0.15) is 5.60 Å². The van der Waals surface area contributed by atoms with Gasteiger partial charge in [-0.15, -0.1) is 0 Å². The van der Waals surface area contributed by atoms with Crippen molar-refractivity contribution < 1.29 is 14.3 Å². The van der Waals surface area contributed by atoms with Gasteiger partial charge in [-0.2, -0.15) is 0 Å². The Kier molecular flexibility index (Phi) is 5.28. The molecule has 6 nitrogen and oxygen atoms in total. The third kappa shape index (κ3) is 4.33. The highest BCUT2D eigenvalue weighted by Crippen LogP contribution is 2.32. The molecule has 1 saturated heterocycles. The quantitative estimate of drug-likeness (QED) is 0.680. The summed E-state index contributed by atoms with van der Waals surface area (Å²) in [6.45, 7) is 6.70. The van der Waals surface area contributed by atoms with E-state index in [2.05, 4.69) is 15.3 Å². The molecule has 1 fully saturated rings. The predicted molar refractivity (Wildman–Crippen MR) is 84.9 cm³/mol. The Balaban J connectivity index is 2.25. The molecule has 122 valence electrons. The molecule has 22 heavy (non-hydrogen) atoms. The van der Waals surface area contributed by atoms with Gasteiger partial charge < -0.3 is 14.8 Å². The monoisotopic (exact) mass is 325 g/mol. The second kappa shape index (κ2) is 6.83. The van der Waals surface area contributed by atoms with Gasteiger partial charge in [0.25, 0.3) is 0 Å². The number of ether oxygens (including phenoxy) is 2. The first-order chi connectivity index (χ1) is 10.3. The first kappa shape index (κ1) is 17.0. The van der Waals surface area contributed by atoms with Crippen molar-refractivity contribution in [1.82, 2.24) is 15.3 Å². The number of nitrogens with zero attached hydrogens (tertiary/aromatic N) is 2. The van der Waals surface area contributed by atoms with E-state index in [0.717, 1.165) is 5.69 Å². The van der Waals surface area contributed by atoms with E-state index in [-0.39, 0.29) is 0 Å². The van der Waals surface area contributed by atoms with Gasteiger partial charge in [0.05, 0.1) is 11.2 Å². The van der Waals surface area contributed by atoms with E-state index in [1.807, 2.05) is 33.1 Å². The second-order valence-corrected chi connectivity index (χ2v) is 7.02. The highest BCUT2D eigenvalue weighted by molar-refractivity contribution is 7.98. The number of rotatable bonds is 3. The lowest BCUT2D eigenvalue weighted by molar-refractivity contribution is 0.0143. The first-order valence-electron chi connectivity index (χ1n) is 7.31. The van der Waals surface area contributed by atoms with Crippen molar-refractivity contribution in [3.63, 3.8) is 0 Å². The van der Waals surface area contributed by atoms with Crippen LogP contribution in [0.1, 0.15) is 39.3 Å². The highest BCUT2D eigenvalue weighted by atomic mass is 32.2. The third-order valence-electron chi connectivity index (χ3n) is 3.39. The molecule has 1 aromatic rings. The maximum absolute atomic E-state index is 12.2. The summed E-state index contributed by atoms with van der Waals surface area (Å²) in [5, 5.41) is 3.71. The lowest BCUT2D eigenvalue weighted by Gasteiger charge is -2.37. The molecule has 0 spiro atoms. The molecule has 0 atom stereocenters. The zero-order valence-corrected chi connectivity index (χ0v) is 14.3. The number of nitrogens with one attached hydrogen (secondary N) is 1. The minimum atomic E-state index is -0.562. The molecule has 0 aliphatic carbocycles. The Morgan fingerprint density at radius 1 is 1.41 bits per heavy atom. The topological polar surface area (TPSA) is 73.3 Å². The Bertz CT molecular complexity index is 525. The number of aromatic nitrogens is 2. The van der Waals surface area contributed by atoms with Crippen molar-refractivity contribution in [2.24, 2.45) is 0 Å². The van der Waals surface area contributed by atoms with E-state index >= 15 is 0 Å². The van der Waals surface area contributed by atoms with Crippen LogP contribution in [0.5, 0.6) is 0 Å². The van der Waals surface area contributed by atoms with Crippen molar-refractivity contribution >= 4 is 17.9 Å². The molecule has 1 aliphatic rings. The van der Waals surface area contributed by atoms with Gasteiger partial charge in [0, 0.05) is 19.4 Å². The summed E-state index contributed by atoms with van der Waals surface area (Å²) in [4.78, 5) is 21.0. The zero-order valence-electron chi connectivity index (χ0n) is 13.5. The molecule has 0 radical (unpaired) electrons. The minimum absolute atomic E-state index is 0.432. The molecule has 1 aliphatic heterocycles. The summed E-state index contributed by atoms with van der Waals surface area (Å²) < 4.78 is 10.8. The standard InChI is InChI=1S/C15H23N3O3S/c1-14(2,3)21-13(19)18-15(6-9-20-10-7-15)11-5-8-16-12(17-11)22-4/h5,8H,6-7,9-10H2,1-4H3,(H,18,19). The molecule has 1 aromatic heterocycles. The van der Waals surface area contributed by atoms with E-state index in [4.69, 9.17) is 9.47 Å². The number of thioether (sulfide) groups is 1. The SMILES string of the molecule is CSc1nccc(C2(NC(=O)OC(C)(C)C)CCOCC2)n1. The number of carbonyl (C=O) groups is 1. The number of amides is 1. The predicted octanol–water partition coefficient (Wildman–Crippen LogP) is 2.73. The van der Waals surface area contributed by atoms with E-state index < -0.39 is 17.2 Å². The fraction of sp³-hybridized carbons (Fsp3) is 0.667. The van der Waals surface area contributed by atoms with Crippen LogP contribution in [0.25, 0.3) is 0 Å². The fourth-order valence-electron chi connectivity index (χ4n) is 2.37. The molecule has 1 amide bonds. The third-order valence-corrected chi connectivity index (χ3v) is 3.95. The van der Waals surface area contributed by atoms with Gasteiger partial charge in [-0.1, -0.05) is 11.8 Å². The van der Waals surface area contributed by atoms with E-state index in [9.17, 15) is 4.79 Å². The number of alkyl carbamates (subject to hydrolysis) is 1. The van der Waals surface area contributed by atoms with Gasteiger partial charge in [-0.3, -0.25) is 0 Å². The van der Waals surface area contributed by atoms with Crippen LogP contribution >= 0.6 is 11.8 Å². The molecular formula is C15H23N3O3S. The van der Waals surface area contributed by atoms with E-state index in [1.54, 1.807) is 6.20 Å². The molecule has 0 unspecified atom stereocenters. The molecule has 7 heteroatoms. The van der Waals surface area contributed by atoms with Crippen LogP contribution in [0, 0.1) is 0 Å².